The molecule has 16 heavy (non-hydrogen) atoms. The Bertz CT molecular complexity index is 275. The van der Waals surface area contributed by atoms with Crippen molar-refractivity contribution in [1.82, 2.24) is 20.5 Å². The number of nitrogens with one attached hydrogen (secondary N) is 2. The summed E-state index contributed by atoms with van der Waals surface area (Å²) in [6.07, 6.45) is 9.19. The van der Waals surface area contributed by atoms with Crippen molar-refractivity contribution in [3.63, 3.8) is 0 Å². The Labute approximate surface area is 97.2 Å². The van der Waals surface area contributed by atoms with Crippen molar-refractivity contribution in [2.24, 2.45) is 5.92 Å². The summed E-state index contributed by atoms with van der Waals surface area (Å²) in [6.45, 7) is 3.46. The van der Waals surface area contributed by atoms with Gasteiger partial charge in [0.2, 0.25) is 0 Å². The zero-order valence-electron chi connectivity index (χ0n) is 10.1. The van der Waals surface area contributed by atoms with Crippen LogP contribution in [-0.2, 0) is 6.42 Å². The van der Waals surface area contributed by atoms with Crippen molar-refractivity contribution < 1.29 is 0 Å². The molecule has 0 saturated heterocycles. The summed E-state index contributed by atoms with van der Waals surface area (Å²) >= 11 is 0. The molecule has 4 heteroatoms. The number of hydrogen-bond donors (Lipinski definition) is 2. The van der Waals surface area contributed by atoms with Gasteiger partial charge in [0.25, 0.3) is 0 Å². The number of H-pyrrole nitrogens is 1. The molecule has 2 N–H and O–H groups in total. The van der Waals surface area contributed by atoms with E-state index in [1.165, 1.54) is 25.7 Å². The fraction of sp³-hybridized carbons (Fsp3) is 0.833. The summed E-state index contributed by atoms with van der Waals surface area (Å²) in [4.78, 5) is 4.12. The Hall–Kier alpha value is -0.900. The quantitative estimate of drug-likeness (QED) is 0.748. The summed E-state index contributed by atoms with van der Waals surface area (Å²) < 4.78 is 0. The summed E-state index contributed by atoms with van der Waals surface area (Å²) in [5.74, 6) is 1.94. The van der Waals surface area contributed by atoms with Gasteiger partial charge in [0.15, 0.2) is 0 Å². The van der Waals surface area contributed by atoms with Gasteiger partial charge in [-0.25, -0.2) is 4.98 Å². The number of nitrogens with zero attached hydrogens (tertiary/aromatic N) is 2. The molecule has 0 unspecified atom stereocenters. The molecule has 0 aromatic carbocycles. The van der Waals surface area contributed by atoms with E-state index in [2.05, 4.69) is 27.4 Å². The Balaban J connectivity index is 1.55. The molecule has 4 nitrogen and oxygen atoms in total. The van der Waals surface area contributed by atoms with Gasteiger partial charge >= 0.3 is 0 Å². The Kier molecular flexibility index (Phi) is 4.34. The Morgan fingerprint density at radius 1 is 1.38 bits per heavy atom. The summed E-state index contributed by atoms with van der Waals surface area (Å²) in [6, 6.07) is 0.755. The van der Waals surface area contributed by atoms with Crippen LogP contribution >= 0.6 is 0 Å². The monoisotopic (exact) mass is 222 g/mol. The molecule has 1 aliphatic carbocycles. The van der Waals surface area contributed by atoms with E-state index in [1.54, 1.807) is 6.33 Å². The van der Waals surface area contributed by atoms with Crippen LogP contribution < -0.4 is 5.32 Å². The maximum Gasteiger partial charge on any atom is 0.137 e. The van der Waals surface area contributed by atoms with E-state index >= 15 is 0 Å². The maximum absolute atomic E-state index is 4.12. The molecular formula is C12H22N4. The predicted octanol–water partition coefficient (Wildman–Crippen LogP) is 1.91. The average Bonchev–Trinajstić information content (AvgIpc) is 2.80. The first kappa shape index (κ1) is 11.6. The van der Waals surface area contributed by atoms with E-state index in [9.17, 15) is 0 Å². The molecule has 1 aromatic rings. The fourth-order valence-electron chi connectivity index (χ4n) is 2.38. The topological polar surface area (TPSA) is 53.6 Å². The lowest BCUT2D eigenvalue weighted by Gasteiger charge is -2.26. The number of aromatic amines is 1. The standard InChI is InChI=1S/C12H22N4/c1-10-4-6-11(7-5-10)13-8-2-3-12-14-9-15-16-12/h9-11,13H,2-8H2,1H3,(H,14,15,16). The highest BCUT2D eigenvalue weighted by atomic mass is 15.2. The SMILES string of the molecule is CC1CCC(NCCCc2ncn[nH]2)CC1. The van der Waals surface area contributed by atoms with Gasteiger partial charge < -0.3 is 5.32 Å². The zero-order valence-corrected chi connectivity index (χ0v) is 10.1. The van der Waals surface area contributed by atoms with Crippen molar-refractivity contribution in [1.29, 1.82) is 0 Å². The third-order valence-electron chi connectivity index (χ3n) is 3.50. The molecule has 1 aromatic heterocycles. The molecule has 0 spiro atoms. The molecule has 0 aliphatic heterocycles. The minimum Gasteiger partial charge on any atom is -0.314 e. The molecule has 1 heterocycles. The highest BCUT2D eigenvalue weighted by Crippen LogP contribution is 2.23. The van der Waals surface area contributed by atoms with Crippen molar-refractivity contribution >= 4 is 0 Å². The first-order valence-corrected chi connectivity index (χ1v) is 6.42. The van der Waals surface area contributed by atoms with Gasteiger partial charge in [0, 0.05) is 12.5 Å². The van der Waals surface area contributed by atoms with Crippen LogP contribution in [0.4, 0.5) is 0 Å². The van der Waals surface area contributed by atoms with Crippen molar-refractivity contribution in [2.75, 3.05) is 6.54 Å². The van der Waals surface area contributed by atoms with Crippen LogP contribution in [0.15, 0.2) is 6.33 Å². The number of aryl methyl sites for hydroxylation is 1. The van der Waals surface area contributed by atoms with Gasteiger partial charge in [-0.1, -0.05) is 6.92 Å². The lowest BCUT2D eigenvalue weighted by molar-refractivity contribution is 0.307. The van der Waals surface area contributed by atoms with Gasteiger partial charge in [0.05, 0.1) is 0 Å². The van der Waals surface area contributed by atoms with Gasteiger partial charge in [-0.2, -0.15) is 5.10 Å². The van der Waals surface area contributed by atoms with E-state index in [4.69, 9.17) is 0 Å². The third kappa shape index (κ3) is 3.59. The van der Waals surface area contributed by atoms with E-state index in [0.717, 1.165) is 37.2 Å². The normalized spacial score (nSPS) is 25.8. The lowest BCUT2D eigenvalue weighted by atomic mass is 9.87. The fourth-order valence-corrected chi connectivity index (χ4v) is 2.38. The largest absolute Gasteiger partial charge is 0.314 e. The van der Waals surface area contributed by atoms with E-state index < -0.39 is 0 Å². The van der Waals surface area contributed by atoms with Crippen LogP contribution in [-0.4, -0.2) is 27.8 Å². The maximum atomic E-state index is 4.12. The van der Waals surface area contributed by atoms with Crippen molar-refractivity contribution in [3.05, 3.63) is 12.2 Å². The lowest BCUT2D eigenvalue weighted by Crippen LogP contribution is -2.33. The van der Waals surface area contributed by atoms with Crippen molar-refractivity contribution in [2.45, 2.75) is 51.5 Å². The van der Waals surface area contributed by atoms with Crippen LogP contribution in [0, 0.1) is 5.92 Å². The minimum atomic E-state index is 0.755. The number of hydrogen-bond acceptors (Lipinski definition) is 3. The van der Waals surface area contributed by atoms with E-state index in [0.29, 0.717) is 0 Å². The first-order valence-electron chi connectivity index (χ1n) is 6.42. The second kappa shape index (κ2) is 5.99. The summed E-state index contributed by atoms with van der Waals surface area (Å²) in [5.41, 5.74) is 0. The molecule has 90 valence electrons. The Morgan fingerprint density at radius 2 is 2.19 bits per heavy atom. The van der Waals surface area contributed by atoms with Crippen LogP contribution in [0.2, 0.25) is 0 Å². The second-order valence-electron chi connectivity index (χ2n) is 4.95. The molecule has 1 aliphatic rings. The molecule has 0 radical (unpaired) electrons. The van der Waals surface area contributed by atoms with Crippen LogP contribution in [0.1, 0.15) is 44.9 Å². The second-order valence-corrected chi connectivity index (χ2v) is 4.95. The average molecular weight is 222 g/mol. The summed E-state index contributed by atoms with van der Waals surface area (Å²) in [7, 11) is 0. The smallest absolute Gasteiger partial charge is 0.137 e. The predicted molar refractivity (Wildman–Crippen MR) is 64.1 cm³/mol. The third-order valence-corrected chi connectivity index (χ3v) is 3.50. The highest BCUT2D eigenvalue weighted by Gasteiger charge is 2.16. The van der Waals surface area contributed by atoms with Gasteiger partial charge in [-0.05, 0) is 44.6 Å². The zero-order chi connectivity index (χ0) is 11.2. The molecular weight excluding hydrogens is 200 g/mol. The first-order chi connectivity index (χ1) is 7.84. The molecule has 1 fully saturated rings. The number of rotatable bonds is 5. The highest BCUT2D eigenvalue weighted by molar-refractivity contribution is 4.80. The summed E-state index contributed by atoms with van der Waals surface area (Å²) in [5, 5.41) is 10.4. The van der Waals surface area contributed by atoms with Crippen LogP contribution in [0.5, 0.6) is 0 Å². The van der Waals surface area contributed by atoms with E-state index in [-0.39, 0.29) is 0 Å². The molecule has 1 saturated carbocycles. The number of aromatic nitrogens is 3. The van der Waals surface area contributed by atoms with Crippen LogP contribution in [0.3, 0.4) is 0 Å². The molecule has 0 bridgehead atoms. The van der Waals surface area contributed by atoms with Crippen molar-refractivity contribution in [3.8, 4) is 0 Å². The van der Waals surface area contributed by atoms with Gasteiger partial charge in [0.1, 0.15) is 12.2 Å². The molecule has 2 rings (SSSR count). The van der Waals surface area contributed by atoms with Crippen LogP contribution in [0.25, 0.3) is 0 Å². The Morgan fingerprint density at radius 3 is 2.88 bits per heavy atom. The van der Waals surface area contributed by atoms with Gasteiger partial charge in [-0.3, -0.25) is 5.10 Å². The minimum absolute atomic E-state index is 0.755. The van der Waals surface area contributed by atoms with Gasteiger partial charge in [-0.15, -0.1) is 0 Å². The molecule has 0 amide bonds. The van der Waals surface area contributed by atoms with E-state index in [1.807, 2.05) is 0 Å². The molecule has 0 atom stereocenters.